The molecule has 1 aliphatic rings. The number of aromatic nitrogens is 1. The Balaban J connectivity index is 1.48. The number of hydrogen-bond donors (Lipinski definition) is 1. The van der Waals surface area contributed by atoms with E-state index in [0.717, 1.165) is 60.6 Å². The van der Waals surface area contributed by atoms with E-state index in [0.29, 0.717) is 22.9 Å². The zero-order valence-electron chi connectivity index (χ0n) is 20.0. The minimum Gasteiger partial charge on any atom is -0.506 e. The van der Waals surface area contributed by atoms with Crippen molar-refractivity contribution in [1.29, 1.82) is 0 Å². The van der Waals surface area contributed by atoms with Crippen molar-refractivity contribution in [2.75, 3.05) is 46.4 Å². The van der Waals surface area contributed by atoms with Crippen molar-refractivity contribution < 1.29 is 14.2 Å². The van der Waals surface area contributed by atoms with Gasteiger partial charge in [-0.15, -0.1) is 0 Å². The van der Waals surface area contributed by atoms with Gasteiger partial charge in [-0.3, -0.25) is 4.90 Å². The molecular weight excluding hydrogens is 465 g/mol. The minimum absolute atomic E-state index is 0.166. The highest BCUT2D eigenvalue weighted by atomic mass is 35.5. The number of ether oxygens (including phenoxy) is 1. The summed E-state index contributed by atoms with van der Waals surface area (Å²) in [5.41, 5.74) is 4.02. The van der Waals surface area contributed by atoms with Gasteiger partial charge < -0.3 is 19.3 Å². The third-order valence-corrected chi connectivity index (χ3v) is 7.24. The zero-order chi connectivity index (χ0) is 24.5. The highest BCUT2D eigenvalue weighted by Crippen LogP contribution is 2.40. The van der Waals surface area contributed by atoms with Crippen LogP contribution in [0.1, 0.15) is 5.56 Å². The Morgan fingerprint density at radius 2 is 1.74 bits per heavy atom. The lowest BCUT2D eigenvalue weighted by Crippen LogP contribution is -2.45. The summed E-state index contributed by atoms with van der Waals surface area (Å²) in [6.45, 7) is 7.60. The SMILES string of the molecule is Cc1c(-n2c(-c3ccc(F)cc3)cc3cccc(O)c32)ccc(OCCN2CCN(C)CC2)c1Cl. The second-order valence-electron chi connectivity index (χ2n) is 9.10. The van der Waals surface area contributed by atoms with Crippen LogP contribution in [-0.2, 0) is 0 Å². The van der Waals surface area contributed by atoms with Gasteiger partial charge in [0.2, 0.25) is 0 Å². The Kier molecular flexibility index (Phi) is 6.69. The van der Waals surface area contributed by atoms with E-state index in [4.69, 9.17) is 16.3 Å². The van der Waals surface area contributed by atoms with Crippen LogP contribution in [0.4, 0.5) is 4.39 Å². The third-order valence-electron chi connectivity index (χ3n) is 6.77. The first-order valence-electron chi connectivity index (χ1n) is 11.8. The van der Waals surface area contributed by atoms with Gasteiger partial charge in [0.05, 0.1) is 21.9 Å². The number of aromatic hydroxyl groups is 1. The van der Waals surface area contributed by atoms with Gasteiger partial charge in [0, 0.05) is 38.1 Å². The molecule has 2 heterocycles. The first-order chi connectivity index (χ1) is 16.9. The van der Waals surface area contributed by atoms with Crippen molar-refractivity contribution in [1.82, 2.24) is 14.4 Å². The van der Waals surface area contributed by atoms with Crippen molar-refractivity contribution in [2.45, 2.75) is 6.92 Å². The van der Waals surface area contributed by atoms with Gasteiger partial charge in [0.25, 0.3) is 0 Å². The average Bonchev–Trinajstić information content (AvgIpc) is 3.24. The lowest BCUT2D eigenvalue weighted by atomic mass is 10.1. The number of phenolic OH excluding ortho intramolecular Hbond substituents is 1. The van der Waals surface area contributed by atoms with Crippen LogP contribution < -0.4 is 4.74 Å². The number of likely N-dealkylation sites (N-methyl/N-ethyl adjacent to an activating group) is 1. The van der Waals surface area contributed by atoms with Crippen LogP contribution in [0.3, 0.4) is 0 Å². The molecule has 1 N–H and O–H groups in total. The first-order valence-corrected chi connectivity index (χ1v) is 12.2. The molecule has 1 saturated heterocycles. The molecule has 3 aromatic carbocycles. The molecule has 0 aliphatic carbocycles. The first kappa shape index (κ1) is 23.7. The molecule has 182 valence electrons. The van der Waals surface area contributed by atoms with Crippen molar-refractivity contribution >= 4 is 22.5 Å². The topological polar surface area (TPSA) is 40.9 Å². The van der Waals surface area contributed by atoms with E-state index >= 15 is 0 Å². The van der Waals surface area contributed by atoms with E-state index in [1.54, 1.807) is 18.2 Å². The monoisotopic (exact) mass is 493 g/mol. The Labute approximate surface area is 209 Å². The molecule has 1 aromatic heterocycles. The fourth-order valence-corrected chi connectivity index (χ4v) is 4.90. The molecule has 5 rings (SSSR count). The van der Waals surface area contributed by atoms with Gasteiger partial charge in [0.15, 0.2) is 0 Å². The second kappa shape index (κ2) is 9.90. The van der Waals surface area contributed by atoms with Crippen molar-refractivity contribution in [3.63, 3.8) is 0 Å². The number of para-hydroxylation sites is 1. The lowest BCUT2D eigenvalue weighted by Gasteiger charge is -2.32. The van der Waals surface area contributed by atoms with Crippen molar-refractivity contribution in [3.05, 3.63) is 77.1 Å². The largest absolute Gasteiger partial charge is 0.506 e. The standard InChI is InChI=1S/C28H29ClFN3O2/c1-19-23(10-11-26(27(19)29)35-17-16-32-14-12-31(2)13-15-32)33-24(20-6-8-22(30)9-7-20)18-21-4-3-5-25(34)28(21)33/h3-11,18,34H,12-17H2,1-2H3. The van der Waals surface area contributed by atoms with E-state index in [9.17, 15) is 9.50 Å². The van der Waals surface area contributed by atoms with Crippen LogP contribution in [0, 0.1) is 12.7 Å². The quantitative estimate of drug-likeness (QED) is 0.372. The molecule has 7 heteroatoms. The van der Waals surface area contributed by atoms with Crippen LogP contribution in [0.5, 0.6) is 11.5 Å². The fourth-order valence-electron chi connectivity index (χ4n) is 4.68. The van der Waals surface area contributed by atoms with Crippen LogP contribution in [0.2, 0.25) is 5.02 Å². The van der Waals surface area contributed by atoms with E-state index in [-0.39, 0.29) is 11.6 Å². The summed E-state index contributed by atoms with van der Waals surface area (Å²) < 4.78 is 21.7. The molecule has 0 saturated carbocycles. The number of benzene rings is 3. The van der Waals surface area contributed by atoms with Gasteiger partial charge in [-0.05, 0) is 73.6 Å². The predicted octanol–water partition coefficient (Wildman–Crippen LogP) is 5.73. The van der Waals surface area contributed by atoms with Crippen molar-refractivity contribution in [3.8, 4) is 28.4 Å². The maximum Gasteiger partial charge on any atom is 0.140 e. The van der Waals surface area contributed by atoms with Crippen LogP contribution in [0.15, 0.2) is 60.7 Å². The molecule has 1 aliphatic heterocycles. The molecule has 0 bridgehead atoms. The average molecular weight is 494 g/mol. The number of phenols is 1. The summed E-state index contributed by atoms with van der Waals surface area (Å²) in [7, 11) is 2.15. The molecule has 0 atom stereocenters. The third kappa shape index (κ3) is 4.74. The summed E-state index contributed by atoms with van der Waals surface area (Å²) >= 11 is 6.80. The number of piperazine rings is 1. The summed E-state index contributed by atoms with van der Waals surface area (Å²) in [5.74, 6) is 0.515. The van der Waals surface area contributed by atoms with Gasteiger partial charge in [-0.1, -0.05) is 23.7 Å². The van der Waals surface area contributed by atoms with Crippen molar-refractivity contribution in [2.24, 2.45) is 0 Å². The number of nitrogens with zero attached hydrogens (tertiary/aromatic N) is 3. The summed E-state index contributed by atoms with van der Waals surface area (Å²) in [5, 5.41) is 12.2. The molecule has 0 radical (unpaired) electrons. The molecular formula is C28H29ClFN3O2. The summed E-state index contributed by atoms with van der Waals surface area (Å²) in [6.07, 6.45) is 0. The van der Waals surface area contributed by atoms with E-state index in [1.807, 2.05) is 41.8 Å². The maximum absolute atomic E-state index is 13.6. The molecule has 4 aromatic rings. The summed E-state index contributed by atoms with van der Waals surface area (Å²) in [4.78, 5) is 4.73. The van der Waals surface area contributed by atoms with Gasteiger partial charge in [-0.25, -0.2) is 4.39 Å². The Morgan fingerprint density at radius 3 is 2.49 bits per heavy atom. The van der Waals surface area contributed by atoms with Crippen LogP contribution in [-0.4, -0.2) is 65.9 Å². The minimum atomic E-state index is -0.295. The van der Waals surface area contributed by atoms with Gasteiger partial charge in [0.1, 0.15) is 23.9 Å². The smallest absolute Gasteiger partial charge is 0.140 e. The highest BCUT2D eigenvalue weighted by Gasteiger charge is 2.20. The Bertz CT molecular complexity index is 1340. The molecule has 5 nitrogen and oxygen atoms in total. The second-order valence-corrected chi connectivity index (χ2v) is 9.48. The fraction of sp³-hybridized carbons (Fsp3) is 0.286. The van der Waals surface area contributed by atoms with E-state index < -0.39 is 0 Å². The zero-order valence-corrected chi connectivity index (χ0v) is 20.7. The molecule has 1 fully saturated rings. The summed E-state index contributed by atoms with van der Waals surface area (Å²) in [6, 6.07) is 17.6. The van der Waals surface area contributed by atoms with Crippen LogP contribution in [0.25, 0.3) is 27.8 Å². The van der Waals surface area contributed by atoms with Gasteiger partial charge >= 0.3 is 0 Å². The number of halogens is 2. The molecule has 0 unspecified atom stereocenters. The van der Waals surface area contributed by atoms with Gasteiger partial charge in [-0.2, -0.15) is 0 Å². The molecule has 0 spiro atoms. The van der Waals surface area contributed by atoms with E-state index in [2.05, 4.69) is 16.8 Å². The normalized spacial score (nSPS) is 15.1. The van der Waals surface area contributed by atoms with E-state index in [1.165, 1.54) is 12.1 Å². The maximum atomic E-state index is 13.6. The Hall–Kier alpha value is -3.06. The lowest BCUT2D eigenvalue weighted by molar-refractivity contribution is 0.134. The predicted molar refractivity (Wildman–Crippen MR) is 140 cm³/mol. The number of rotatable bonds is 6. The number of fused-ring (bicyclic) bond motifs is 1. The molecule has 0 amide bonds. The highest BCUT2D eigenvalue weighted by molar-refractivity contribution is 6.33. The molecule has 35 heavy (non-hydrogen) atoms. The Morgan fingerprint density at radius 1 is 1.00 bits per heavy atom. The van der Waals surface area contributed by atoms with Crippen LogP contribution >= 0.6 is 11.6 Å². The number of hydrogen-bond acceptors (Lipinski definition) is 4.